The molecule has 1 aromatic carbocycles. The number of aromatic nitrogens is 1. The minimum absolute atomic E-state index is 0.0118. The smallest absolute Gasteiger partial charge is 0.223 e. The number of hydrogen-bond donors (Lipinski definition) is 2. The highest BCUT2D eigenvalue weighted by Gasteiger charge is 2.28. The van der Waals surface area contributed by atoms with Crippen LogP contribution in [0.1, 0.15) is 51.8 Å². The second-order valence-corrected chi connectivity index (χ2v) is 7.89. The number of oxazole rings is 1. The van der Waals surface area contributed by atoms with Crippen molar-refractivity contribution in [2.75, 3.05) is 0 Å². The first-order valence-corrected chi connectivity index (χ1v) is 10.2. The molecule has 0 aliphatic heterocycles. The van der Waals surface area contributed by atoms with Crippen LogP contribution in [-0.4, -0.2) is 28.9 Å². The Morgan fingerprint density at radius 1 is 1.28 bits per heavy atom. The molecular weight excluding hydrogens is 373 g/mol. The lowest BCUT2D eigenvalue weighted by atomic mass is 9.85. The fourth-order valence-electron chi connectivity index (χ4n) is 3.69. The van der Waals surface area contributed by atoms with Crippen LogP contribution in [-0.2, 0) is 16.0 Å². The van der Waals surface area contributed by atoms with Gasteiger partial charge in [-0.15, -0.1) is 0 Å². The van der Waals surface area contributed by atoms with Crippen molar-refractivity contribution in [2.45, 2.75) is 64.5 Å². The van der Waals surface area contributed by atoms with Crippen LogP contribution in [0.15, 0.2) is 34.9 Å². The summed E-state index contributed by atoms with van der Waals surface area (Å²) in [6.07, 6.45) is 5.38. The second kappa shape index (κ2) is 9.67. The molecule has 7 heteroatoms. The van der Waals surface area contributed by atoms with Gasteiger partial charge in [-0.2, -0.15) is 0 Å². The lowest BCUT2D eigenvalue weighted by Gasteiger charge is -2.29. The maximum Gasteiger partial charge on any atom is 0.223 e. The number of nitrogens with zero attached hydrogens (tertiary/aromatic N) is 1. The molecular formula is C22H28FN3O3. The molecule has 1 saturated carbocycles. The number of rotatable bonds is 7. The van der Waals surface area contributed by atoms with Crippen LogP contribution in [0.25, 0.3) is 11.3 Å². The molecule has 1 aliphatic carbocycles. The molecule has 1 fully saturated rings. The number of nitrogens with one attached hydrogen (secondary N) is 2. The Morgan fingerprint density at radius 3 is 2.83 bits per heavy atom. The van der Waals surface area contributed by atoms with E-state index >= 15 is 0 Å². The van der Waals surface area contributed by atoms with Crippen LogP contribution in [0.3, 0.4) is 0 Å². The lowest BCUT2D eigenvalue weighted by molar-refractivity contribution is -0.128. The van der Waals surface area contributed by atoms with Crippen LogP contribution >= 0.6 is 0 Å². The monoisotopic (exact) mass is 401 g/mol. The number of hydrogen-bond acceptors (Lipinski definition) is 4. The van der Waals surface area contributed by atoms with Crippen molar-refractivity contribution in [2.24, 2.45) is 5.92 Å². The largest absolute Gasteiger partial charge is 0.441 e. The first kappa shape index (κ1) is 21.0. The van der Waals surface area contributed by atoms with Crippen LogP contribution in [0.5, 0.6) is 0 Å². The number of benzene rings is 1. The number of aryl methyl sites for hydroxylation is 1. The van der Waals surface area contributed by atoms with Crippen molar-refractivity contribution in [1.29, 1.82) is 0 Å². The van der Waals surface area contributed by atoms with Gasteiger partial charge in [0, 0.05) is 30.8 Å². The third-order valence-corrected chi connectivity index (χ3v) is 5.10. The zero-order chi connectivity index (χ0) is 20.8. The lowest BCUT2D eigenvalue weighted by Crippen LogP contribution is -2.43. The van der Waals surface area contributed by atoms with Crippen molar-refractivity contribution in [3.8, 4) is 11.3 Å². The summed E-state index contributed by atoms with van der Waals surface area (Å²) in [5.74, 6) is 0.304. The summed E-state index contributed by atoms with van der Waals surface area (Å²) in [7, 11) is 0. The minimum Gasteiger partial charge on any atom is -0.441 e. The summed E-state index contributed by atoms with van der Waals surface area (Å²) in [5.41, 5.74) is 0.351. The number of amides is 2. The Hall–Kier alpha value is -2.70. The van der Waals surface area contributed by atoms with E-state index < -0.39 is 0 Å². The number of halogens is 1. The van der Waals surface area contributed by atoms with E-state index in [9.17, 15) is 14.0 Å². The van der Waals surface area contributed by atoms with Crippen LogP contribution in [0.2, 0.25) is 0 Å². The fourth-order valence-corrected chi connectivity index (χ4v) is 3.69. The Kier molecular flexibility index (Phi) is 7.01. The zero-order valence-corrected chi connectivity index (χ0v) is 16.9. The van der Waals surface area contributed by atoms with E-state index in [1.165, 1.54) is 12.3 Å². The zero-order valence-electron chi connectivity index (χ0n) is 16.9. The third kappa shape index (κ3) is 5.89. The minimum atomic E-state index is -0.374. The average Bonchev–Trinajstić information content (AvgIpc) is 3.15. The molecule has 2 atom stereocenters. The normalized spacial score (nSPS) is 19.2. The molecule has 6 nitrogen and oxygen atoms in total. The van der Waals surface area contributed by atoms with Crippen LogP contribution < -0.4 is 10.6 Å². The molecule has 0 saturated heterocycles. The van der Waals surface area contributed by atoms with Crippen molar-refractivity contribution in [3.63, 3.8) is 0 Å². The molecule has 29 heavy (non-hydrogen) atoms. The first-order valence-electron chi connectivity index (χ1n) is 10.2. The molecule has 0 spiro atoms. The SMILES string of the molecule is CC(C)NC(=O)C1CCCC(NC(=O)CCc2ncc(-c3ccccc3F)o2)C1. The molecule has 2 N–H and O–H groups in total. The van der Waals surface area contributed by atoms with E-state index in [1.807, 2.05) is 13.8 Å². The predicted octanol–water partition coefficient (Wildman–Crippen LogP) is 3.61. The van der Waals surface area contributed by atoms with Gasteiger partial charge in [-0.3, -0.25) is 9.59 Å². The molecule has 0 bridgehead atoms. The maximum absolute atomic E-state index is 13.8. The molecule has 1 heterocycles. The number of carbonyl (C=O) groups excluding carboxylic acids is 2. The molecule has 2 unspecified atom stereocenters. The van der Waals surface area contributed by atoms with Crippen LogP contribution in [0, 0.1) is 11.7 Å². The van der Waals surface area contributed by atoms with Crippen molar-refractivity contribution < 1.29 is 18.4 Å². The van der Waals surface area contributed by atoms with E-state index in [4.69, 9.17) is 4.42 Å². The first-order chi connectivity index (χ1) is 13.9. The van der Waals surface area contributed by atoms with Gasteiger partial charge in [-0.25, -0.2) is 9.37 Å². The van der Waals surface area contributed by atoms with E-state index in [0.29, 0.717) is 30.1 Å². The van der Waals surface area contributed by atoms with Gasteiger partial charge in [0.2, 0.25) is 11.8 Å². The van der Waals surface area contributed by atoms with Gasteiger partial charge in [0.1, 0.15) is 5.82 Å². The highest BCUT2D eigenvalue weighted by Crippen LogP contribution is 2.25. The van der Waals surface area contributed by atoms with Crippen molar-refractivity contribution in [1.82, 2.24) is 15.6 Å². The average molecular weight is 401 g/mol. The van der Waals surface area contributed by atoms with Gasteiger partial charge < -0.3 is 15.1 Å². The molecule has 0 radical (unpaired) electrons. The van der Waals surface area contributed by atoms with E-state index in [1.54, 1.807) is 18.2 Å². The number of carbonyl (C=O) groups is 2. The summed E-state index contributed by atoms with van der Waals surface area (Å²) >= 11 is 0. The topological polar surface area (TPSA) is 84.2 Å². The molecule has 3 rings (SSSR count). The van der Waals surface area contributed by atoms with E-state index in [0.717, 1.165) is 19.3 Å². The van der Waals surface area contributed by atoms with Gasteiger partial charge in [0.15, 0.2) is 11.7 Å². The van der Waals surface area contributed by atoms with E-state index in [-0.39, 0.29) is 42.1 Å². The van der Waals surface area contributed by atoms with Crippen LogP contribution in [0.4, 0.5) is 4.39 Å². The molecule has 2 aromatic rings. The highest BCUT2D eigenvalue weighted by molar-refractivity contribution is 5.79. The second-order valence-electron chi connectivity index (χ2n) is 7.89. The van der Waals surface area contributed by atoms with Gasteiger partial charge in [0.05, 0.1) is 11.8 Å². The van der Waals surface area contributed by atoms with Gasteiger partial charge in [-0.05, 0) is 45.2 Å². The third-order valence-electron chi connectivity index (χ3n) is 5.10. The quantitative estimate of drug-likeness (QED) is 0.742. The summed E-state index contributed by atoms with van der Waals surface area (Å²) in [4.78, 5) is 28.7. The maximum atomic E-state index is 13.8. The van der Waals surface area contributed by atoms with E-state index in [2.05, 4.69) is 15.6 Å². The summed E-state index contributed by atoms with van der Waals surface area (Å²) < 4.78 is 19.4. The Morgan fingerprint density at radius 2 is 2.07 bits per heavy atom. The fraction of sp³-hybridized carbons (Fsp3) is 0.500. The van der Waals surface area contributed by atoms with Crippen molar-refractivity contribution in [3.05, 3.63) is 42.2 Å². The standard InChI is InChI=1S/C22H28FN3O3/c1-14(2)25-22(28)15-6-5-7-16(12-15)26-20(27)10-11-21-24-13-19(29-21)17-8-3-4-9-18(17)23/h3-4,8-9,13-16H,5-7,10-12H2,1-2H3,(H,25,28)(H,26,27). The van der Waals surface area contributed by atoms with Gasteiger partial charge >= 0.3 is 0 Å². The predicted molar refractivity (Wildman–Crippen MR) is 107 cm³/mol. The Labute approximate surface area is 170 Å². The summed E-state index contributed by atoms with van der Waals surface area (Å²) in [6.45, 7) is 3.89. The Balaban J connectivity index is 1.48. The summed E-state index contributed by atoms with van der Waals surface area (Å²) in [6, 6.07) is 6.46. The van der Waals surface area contributed by atoms with Gasteiger partial charge in [0.25, 0.3) is 0 Å². The van der Waals surface area contributed by atoms with Gasteiger partial charge in [-0.1, -0.05) is 18.6 Å². The molecule has 2 amide bonds. The molecule has 1 aromatic heterocycles. The van der Waals surface area contributed by atoms with Crippen molar-refractivity contribution >= 4 is 11.8 Å². The molecule has 1 aliphatic rings. The summed E-state index contributed by atoms with van der Waals surface area (Å²) in [5, 5.41) is 5.98. The highest BCUT2D eigenvalue weighted by atomic mass is 19.1. The molecule has 156 valence electrons. The Bertz CT molecular complexity index is 849.